The van der Waals surface area contributed by atoms with Gasteiger partial charge in [-0.15, -0.1) is 0 Å². The molecule has 3 rings (SSSR count). The number of carboxylic acids is 2. The summed E-state index contributed by atoms with van der Waals surface area (Å²) in [5, 5.41) is 51.8. The van der Waals surface area contributed by atoms with E-state index < -0.39 is 204 Å². The van der Waals surface area contributed by atoms with Crippen LogP contribution in [0.3, 0.4) is 0 Å². The summed E-state index contributed by atoms with van der Waals surface area (Å²) in [7, 11) is 0. The van der Waals surface area contributed by atoms with E-state index in [-0.39, 0.29) is 83.1 Å². The third-order valence-corrected chi connectivity index (χ3v) is 19.4. The maximum absolute atomic E-state index is 15.1. The molecule has 1 aliphatic heterocycles. The zero-order chi connectivity index (χ0) is 81.0. The van der Waals surface area contributed by atoms with Crippen molar-refractivity contribution in [3.63, 3.8) is 0 Å². The number of hydrogen-bond acceptors (Lipinski definition) is 17. The van der Waals surface area contributed by atoms with Crippen LogP contribution in [0.15, 0.2) is 72.8 Å². The maximum Gasteiger partial charge on any atom is 0.305 e. The first kappa shape index (κ1) is 92.4. The number of hydrogen-bond donors (Lipinski definition) is 17. The number of carbonyl (C=O) groups excluding carboxylic acids is 13. The average molecular weight is 1510 g/mol. The van der Waals surface area contributed by atoms with Crippen molar-refractivity contribution in [3.05, 3.63) is 83.9 Å². The van der Waals surface area contributed by atoms with Crippen LogP contribution in [0.5, 0.6) is 0 Å². The number of nitrogens with two attached hydrogens (primary N) is 3. The molecule has 0 unspecified atom stereocenters. The Morgan fingerprint density at radius 3 is 1.60 bits per heavy atom. The third kappa shape index (κ3) is 31.2. The summed E-state index contributed by atoms with van der Waals surface area (Å²) in [5.41, 5.74) is 14.9. The van der Waals surface area contributed by atoms with Crippen molar-refractivity contribution < 1.29 is 82.1 Å². The minimum absolute atomic E-state index is 0.0105. The summed E-state index contributed by atoms with van der Waals surface area (Å²) in [6, 6.07) is 2.96. The first-order valence-electron chi connectivity index (χ1n) is 37.5. The van der Waals surface area contributed by atoms with Crippen LogP contribution in [-0.4, -0.2) is 184 Å². The quantitative estimate of drug-likeness (QED) is 0.0331. The molecule has 108 heavy (non-hydrogen) atoms. The molecule has 13 amide bonds. The van der Waals surface area contributed by atoms with Gasteiger partial charge in [-0.2, -0.15) is 0 Å². The lowest BCUT2D eigenvalue weighted by Gasteiger charge is -2.35. The molecular formula is C76H119N15O17. The summed E-state index contributed by atoms with van der Waals surface area (Å²) in [6.45, 7) is 17.8. The Hall–Kier alpha value is -9.85. The van der Waals surface area contributed by atoms with Crippen molar-refractivity contribution in [3.8, 4) is 0 Å². The summed E-state index contributed by atoms with van der Waals surface area (Å²) >= 11 is 0. The molecule has 2 aromatic rings. The molecule has 600 valence electrons. The second-order valence-electron chi connectivity index (χ2n) is 29.0. The average Bonchev–Trinajstić information content (AvgIpc) is 0.854. The van der Waals surface area contributed by atoms with Gasteiger partial charge in [-0.25, -0.2) is 0 Å². The van der Waals surface area contributed by atoms with Crippen LogP contribution >= 0.6 is 0 Å². The molecule has 32 nitrogen and oxygen atoms in total. The van der Waals surface area contributed by atoms with Crippen LogP contribution in [0.25, 0.3) is 0 Å². The summed E-state index contributed by atoms with van der Waals surface area (Å²) in [5.74, 6) is -16.1. The number of unbranched alkanes of at least 4 members (excludes halogenated alkanes) is 1. The Balaban J connectivity index is 2.06. The van der Waals surface area contributed by atoms with Gasteiger partial charge in [-0.05, 0) is 133 Å². The minimum atomic E-state index is -1.85. The number of amides is 13. The number of allylic oxidation sites excluding steroid dienone is 2. The highest BCUT2D eigenvalue weighted by molar-refractivity contribution is 6.01. The zero-order valence-electron chi connectivity index (χ0n) is 64.4. The van der Waals surface area contributed by atoms with Crippen molar-refractivity contribution in [1.82, 2.24) is 63.8 Å². The molecule has 0 spiro atoms. The number of primary amides is 1. The van der Waals surface area contributed by atoms with E-state index in [1.54, 1.807) is 108 Å². The van der Waals surface area contributed by atoms with Crippen molar-refractivity contribution in [2.75, 3.05) is 13.1 Å². The van der Waals surface area contributed by atoms with Gasteiger partial charge in [-0.3, -0.25) is 71.9 Å². The van der Waals surface area contributed by atoms with Crippen LogP contribution in [0.4, 0.5) is 0 Å². The third-order valence-electron chi connectivity index (χ3n) is 19.4. The number of carboxylic acid groups (broad SMARTS) is 2. The van der Waals surface area contributed by atoms with E-state index in [1.165, 1.54) is 20.8 Å². The standard InChI is InChI=1S/C76H119N15O17/c1-12-45(6)60(88-72(106)61(46(7)13-2)87-67(101)56(42-59(95)96)85-66(100)55(41-50-31-23-20-24-32-50)84-65(99)54(39-44(4)5)81-57(92)43-78)71(105)83-51(33-25-28-38-77)68(102)90-76(11)37-27-18-16-15-17-26-36-75(10,73(107)86-53(63(79)97)40-49-29-21-19-22-30-49)91-69(103)52(34-35-58(93)94)82-64(98)48(9)80-70(104)62(47(8)14-3)89-74(76)108/h15-16,19-24,29-32,44-48,51-56,60-62H,12-14,17-18,25-28,33-43,77-78H2,1-11H3,(H2,79,97)(H,80,104)(H,81,92)(H,82,98)(H,83,105)(H,84,99)(H,85,100)(H,86,107)(H,87,101)(H,88,106)(H,89,108)(H,90,102)(H,91,103)(H,93,94)(H,95,96)/b16-15-/t45-,46-,47-,48-,51-,52-,53-,54-,55-,56-,60-,61-,62-,75-,76-/m0/s1. The van der Waals surface area contributed by atoms with E-state index in [9.17, 15) is 72.5 Å². The fourth-order valence-electron chi connectivity index (χ4n) is 12.0. The Morgan fingerprint density at radius 2 is 1.08 bits per heavy atom. The van der Waals surface area contributed by atoms with E-state index in [1.807, 2.05) is 19.9 Å². The van der Waals surface area contributed by atoms with Crippen LogP contribution in [0.2, 0.25) is 0 Å². The molecule has 2 aromatic carbocycles. The molecule has 0 fully saturated rings. The highest BCUT2D eigenvalue weighted by Crippen LogP contribution is 2.23. The predicted molar refractivity (Wildman–Crippen MR) is 403 cm³/mol. The lowest BCUT2D eigenvalue weighted by Crippen LogP contribution is -2.65. The van der Waals surface area contributed by atoms with Crippen molar-refractivity contribution >= 4 is 88.7 Å². The van der Waals surface area contributed by atoms with E-state index in [0.29, 0.717) is 36.8 Å². The lowest BCUT2D eigenvalue weighted by atomic mass is 9.90. The van der Waals surface area contributed by atoms with Gasteiger partial charge in [0.25, 0.3) is 0 Å². The van der Waals surface area contributed by atoms with Crippen molar-refractivity contribution in [2.45, 2.75) is 263 Å². The lowest BCUT2D eigenvalue weighted by molar-refractivity contribution is -0.142. The molecule has 0 aromatic heterocycles. The molecule has 0 saturated heterocycles. The van der Waals surface area contributed by atoms with E-state index >= 15 is 9.59 Å². The Bertz CT molecular complexity index is 3400. The molecule has 0 bridgehead atoms. The number of rotatable bonds is 38. The summed E-state index contributed by atoms with van der Waals surface area (Å²) in [6.07, 6.45) is 4.07. The number of nitrogens with one attached hydrogen (secondary N) is 12. The smallest absolute Gasteiger partial charge is 0.305 e. The van der Waals surface area contributed by atoms with Gasteiger partial charge in [0.15, 0.2) is 0 Å². The number of benzene rings is 2. The first-order valence-corrected chi connectivity index (χ1v) is 37.5. The molecule has 32 heteroatoms. The van der Waals surface area contributed by atoms with Gasteiger partial charge in [-0.1, -0.05) is 147 Å². The molecule has 20 N–H and O–H groups in total. The fraction of sp³-hybridized carbons (Fsp3) is 0.618. The van der Waals surface area contributed by atoms with Gasteiger partial charge in [0.1, 0.15) is 71.5 Å². The Kier molecular flexibility index (Phi) is 39.7. The molecule has 15 atom stereocenters. The van der Waals surface area contributed by atoms with E-state index in [4.69, 9.17) is 17.2 Å². The van der Waals surface area contributed by atoms with Gasteiger partial charge in [0, 0.05) is 19.3 Å². The molecule has 1 aliphatic rings. The molecule has 0 saturated carbocycles. The SMILES string of the molecule is CC[C@H](C)[C@H](NC(=O)[C@H](CC(=O)O)NC(=O)[C@H](Cc1ccccc1)NC(=O)[C@H](CC(C)C)NC(=O)CN)C(=O)N[C@H](C(=O)N[C@@H](CCCCN)C(=O)N[C@@]1(C)CCC/C=C\CCC[C@@](C)(C(=O)N[C@@H](Cc2ccccc2)C(N)=O)NC(=O)[C@H](CCC(=O)O)NC(=O)[C@H](C)NC(=O)[C@H]([C@@H](C)CC)NC1=O)[C@@H](C)CC. The highest BCUT2D eigenvalue weighted by Gasteiger charge is 2.44. The van der Waals surface area contributed by atoms with Gasteiger partial charge >= 0.3 is 11.9 Å². The van der Waals surface area contributed by atoms with Gasteiger partial charge < -0.3 is 91.2 Å². The van der Waals surface area contributed by atoms with Crippen LogP contribution < -0.4 is 81.0 Å². The van der Waals surface area contributed by atoms with Gasteiger partial charge in [0.05, 0.1) is 13.0 Å². The molecular weight excluding hydrogens is 1390 g/mol. The van der Waals surface area contributed by atoms with Crippen LogP contribution in [-0.2, 0) is 84.8 Å². The van der Waals surface area contributed by atoms with Crippen LogP contribution in [0.1, 0.15) is 190 Å². The topological polar surface area (TPSA) is 519 Å². The zero-order valence-corrected chi connectivity index (χ0v) is 64.4. The second-order valence-corrected chi connectivity index (χ2v) is 29.0. The van der Waals surface area contributed by atoms with Crippen LogP contribution in [0, 0.1) is 23.7 Å². The maximum atomic E-state index is 15.1. The minimum Gasteiger partial charge on any atom is -0.481 e. The highest BCUT2D eigenvalue weighted by atomic mass is 16.4. The number of carbonyl (C=O) groups is 15. The van der Waals surface area contributed by atoms with Crippen molar-refractivity contribution in [2.24, 2.45) is 40.9 Å². The predicted octanol–water partition coefficient (Wildman–Crippen LogP) is 1.10. The molecule has 0 radical (unpaired) electrons. The summed E-state index contributed by atoms with van der Waals surface area (Å²) in [4.78, 5) is 209. The molecule has 1 heterocycles. The number of aliphatic carboxylic acids is 2. The summed E-state index contributed by atoms with van der Waals surface area (Å²) < 4.78 is 0. The fourth-order valence-corrected chi connectivity index (χ4v) is 12.0. The Labute approximate surface area is 633 Å². The van der Waals surface area contributed by atoms with Gasteiger partial charge in [0.2, 0.25) is 76.8 Å². The Morgan fingerprint density at radius 1 is 0.565 bits per heavy atom. The van der Waals surface area contributed by atoms with Crippen molar-refractivity contribution in [1.29, 1.82) is 0 Å². The molecule has 0 aliphatic carbocycles. The largest absolute Gasteiger partial charge is 0.481 e. The second kappa shape index (κ2) is 46.4. The van der Waals surface area contributed by atoms with E-state index in [2.05, 4.69) is 63.8 Å². The first-order chi connectivity index (χ1) is 51.0. The van der Waals surface area contributed by atoms with E-state index in [0.717, 1.165) is 0 Å². The normalized spacial score (nSPS) is 21.4. The monoisotopic (exact) mass is 1510 g/mol.